The van der Waals surface area contributed by atoms with Crippen LogP contribution in [0.25, 0.3) is 10.2 Å². The molecule has 106 valence electrons. The van der Waals surface area contributed by atoms with E-state index in [2.05, 4.69) is 15.3 Å². The number of carboxylic acid groups (broad SMARTS) is 1. The van der Waals surface area contributed by atoms with Crippen LogP contribution in [0, 0.1) is 0 Å². The molecule has 0 amide bonds. The van der Waals surface area contributed by atoms with Crippen molar-refractivity contribution in [1.29, 1.82) is 0 Å². The molecule has 2 N–H and O–H groups in total. The lowest BCUT2D eigenvalue weighted by Gasteiger charge is -2.08. The number of thiophene rings is 1. The molecular formula is C15H13N3O2S. The molecule has 1 aromatic carbocycles. The summed E-state index contributed by atoms with van der Waals surface area (Å²) in [5, 5.41) is 14.4. The lowest BCUT2D eigenvalue weighted by Crippen LogP contribution is -2.10. The molecule has 0 aliphatic carbocycles. The topological polar surface area (TPSA) is 75.1 Å². The van der Waals surface area contributed by atoms with E-state index in [9.17, 15) is 4.79 Å². The largest absolute Gasteiger partial charge is 0.478 e. The number of anilines is 1. The Labute approximate surface area is 125 Å². The second kappa shape index (κ2) is 5.88. The minimum atomic E-state index is -0.895. The highest BCUT2D eigenvalue weighted by atomic mass is 32.1. The molecule has 0 spiro atoms. The second-order valence-electron chi connectivity index (χ2n) is 4.50. The van der Waals surface area contributed by atoms with Crippen LogP contribution in [0.2, 0.25) is 0 Å². The first-order valence-corrected chi connectivity index (χ1v) is 7.37. The number of aromatic carboxylic acids is 1. The predicted molar refractivity (Wildman–Crippen MR) is 83.0 cm³/mol. The van der Waals surface area contributed by atoms with Gasteiger partial charge in [-0.3, -0.25) is 0 Å². The third-order valence-electron chi connectivity index (χ3n) is 3.18. The summed E-state index contributed by atoms with van der Waals surface area (Å²) in [7, 11) is 0. The molecule has 0 saturated heterocycles. The molecule has 0 atom stereocenters. The molecule has 21 heavy (non-hydrogen) atoms. The molecule has 0 unspecified atom stereocenters. The predicted octanol–water partition coefficient (Wildman–Crippen LogP) is 3.04. The van der Waals surface area contributed by atoms with Crippen LogP contribution in [0.15, 0.2) is 42.0 Å². The average Bonchev–Trinajstić information content (AvgIpc) is 2.97. The van der Waals surface area contributed by atoms with Crippen molar-refractivity contribution in [2.45, 2.75) is 6.42 Å². The number of fused-ring (bicyclic) bond motifs is 1. The Hall–Kier alpha value is -2.47. The molecule has 0 fully saturated rings. The maximum Gasteiger partial charge on any atom is 0.335 e. The Kier molecular flexibility index (Phi) is 3.79. The molecule has 0 saturated carbocycles. The van der Waals surface area contributed by atoms with Crippen molar-refractivity contribution in [3.63, 3.8) is 0 Å². The maximum atomic E-state index is 11.2. The summed E-state index contributed by atoms with van der Waals surface area (Å²) >= 11 is 1.59. The fourth-order valence-electron chi connectivity index (χ4n) is 2.18. The minimum absolute atomic E-state index is 0.350. The highest BCUT2D eigenvalue weighted by Gasteiger charge is 2.09. The number of aromatic nitrogens is 2. The van der Waals surface area contributed by atoms with Crippen molar-refractivity contribution < 1.29 is 9.90 Å². The fourth-order valence-corrected chi connectivity index (χ4v) is 2.99. The summed E-state index contributed by atoms with van der Waals surface area (Å²) in [6.07, 6.45) is 2.15. The van der Waals surface area contributed by atoms with Gasteiger partial charge >= 0.3 is 5.97 Å². The van der Waals surface area contributed by atoms with E-state index in [1.54, 1.807) is 23.5 Å². The zero-order chi connectivity index (χ0) is 14.7. The van der Waals surface area contributed by atoms with Crippen LogP contribution in [0.3, 0.4) is 0 Å². The lowest BCUT2D eigenvalue weighted by molar-refractivity contribution is 0.0695. The van der Waals surface area contributed by atoms with Crippen molar-refractivity contribution in [2.24, 2.45) is 0 Å². The highest BCUT2D eigenvalue weighted by molar-refractivity contribution is 7.17. The third-order valence-corrected chi connectivity index (χ3v) is 4.09. The lowest BCUT2D eigenvalue weighted by atomic mass is 10.0. The zero-order valence-electron chi connectivity index (χ0n) is 11.1. The van der Waals surface area contributed by atoms with Gasteiger partial charge < -0.3 is 10.4 Å². The summed E-state index contributed by atoms with van der Waals surface area (Å²) in [5.74, 6) is -0.101. The van der Waals surface area contributed by atoms with Gasteiger partial charge in [-0.25, -0.2) is 14.8 Å². The van der Waals surface area contributed by atoms with E-state index in [1.165, 1.54) is 6.33 Å². The molecule has 0 radical (unpaired) electrons. The highest BCUT2D eigenvalue weighted by Crippen LogP contribution is 2.24. The zero-order valence-corrected chi connectivity index (χ0v) is 11.9. The van der Waals surface area contributed by atoms with E-state index in [-0.39, 0.29) is 0 Å². The van der Waals surface area contributed by atoms with E-state index in [1.807, 2.05) is 23.6 Å². The molecule has 2 aromatic heterocycles. The minimum Gasteiger partial charge on any atom is -0.478 e. The SMILES string of the molecule is O=C(O)c1ccccc1CCNc1ncnc2ccsc12. The van der Waals surface area contributed by atoms with Gasteiger partial charge in [-0.2, -0.15) is 0 Å². The van der Waals surface area contributed by atoms with Crippen LogP contribution < -0.4 is 5.32 Å². The Bertz CT molecular complexity index is 785. The van der Waals surface area contributed by atoms with Crippen molar-refractivity contribution in [3.8, 4) is 0 Å². The number of hydrogen-bond donors (Lipinski definition) is 2. The number of carboxylic acids is 1. The average molecular weight is 299 g/mol. The normalized spacial score (nSPS) is 10.7. The van der Waals surface area contributed by atoms with Gasteiger partial charge in [0, 0.05) is 6.54 Å². The molecule has 0 aliphatic rings. The number of carbonyl (C=O) groups is 1. The van der Waals surface area contributed by atoms with Crippen molar-refractivity contribution in [3.05, 3.63) is 53.2 Å². The van der Waals surface area contributed by atoms with Gasteiger partial charge in [-0.05, 0) is 29.5 Å². The third kappa shape index (κ3) is 2.85. The summed E-state index contributed by atoms with van der Waals surface area (Å²) < 4.78 is 1.02. The molecular weight excluding hydrogens is 286 g/mol. The first-order chi connectivity index (χ1) is 10.3. The van der Waals surface area contributed by atoms with E-state index >= 15 is 0 Å². The van der Waals surface area contributed by atoms with Crippen LogP contribution >= 0.6 is 11.3 Å². The quantitative estimate of drug-likeness (QED) is 0.757. The molecule has 6 heteroatoms. The summed E-state index contributed by atoms with van der Waals surface area (Å²) in [5.41, 5.74) is 2.08. The first kappa shape index (κ1) is 13.5. The molecule has 3 aromatic rings. The Morgan fingerprint density at radius 2 is 2.10 bits per heavy atom. The molecule has 5 nitrogen and oxygen atoms in total. The van der Waals surface area contributed by atoms with Gasteiger partial charge in [0.1, 0.15) is 12.1 Å². The van der Waals surface area contributed by atoms with Crippen LogP contribution in [0.5, 0.6) is 0 Å². The fraction of sp³-hybridized carbons (Fsp3) is 0.133. The van der Waals surface area contributed by atoms with Gasteiger partial charge in [-0.15, -0.1) is 11.3 Å². The van der Waals surface area contributed by atoms with E-state index in [4.69, 9.17) is 5.11 Å². The van der Waals surface area contributed by atoms with E-state index in [0.29, 0.717) is 18.5 Å². The number of hydrogen-bond acceptors (Lipinski definition) is 5. The molecule has 0 bridgehead atoms. The van der Waals surface area contributed by atoms with Crippen LogP contribution in [-0.2, 0) is 6.42 Å². The molecule has 0 aliphatic heterocycles. The Balaban J connectivity index is 1.72. The van der Waals surface area contributed by atoms with Crippen molar-refractivity contribution in [2.75, 3.05) is 11.9 Å². The van der Waals surface area contributed by atoms with Crippen LogP contribution in [-0.4, -0.2) is 27.6 Å². The van der Waals surface area contributed by atoms with Gasteiger partial charge in [0.2, 0.25) is 0 Å². The van der Waals surface area contributed by atoms with E-state index in [0.717, 1.165) is 21.6 Å². The summed E-state index contributed by atoms with van der Waals surface area (Å²) in [6.45, 7) is 0.619. The van der Waals surface area contributed by atoms with Crippen molar-refractivity contribution in [1.82, 2.24) is 9.97 Å². The second-order valence-corrected chi connectivity index (χ2v) is 5.41. The van der Waals surface area contributed by atoms with Crippen LogP contribution in [0.4, 0.5) is 5.82 Å². The molecule has 2 heterocycles. The monoisotopic (exact) mass is 299 g/mol. The number of benzene rings is 1. The Morgan fingerprint density at radius 3 is 2.95 bits per heavy atom. The van der Waals surface area contributed by atoms with Crippen molar-refractivity contribution >= 4 is 33.3 Å². The molecule has 3 rings (SSSR count). The van der Waals surface area contributed by atoms with Gasteiger partial charge in [-0.1, -0.05) is 18.2 Å². The van der Waals surface area contributed by atoms with Gasteiger partial charge in [0.15, 0.2) is 0 Å². The number of nitrogens with zero attached hydrogens (tertiary/aromatic N) is 2. The first-order valence-electron chi connectivity index (χ1n) is 6.49. The van der Waals surface area contributed by atoms with Gasteiger partial charge in [0.25, 0.3) is 0 Å². The summed E-state index contributed by atoms with van der Waals surface area (Å²) in [4.78, 5) is 19.6. The standard InChI is InChI=1S/C15H13N3O2S/c19-15(20)11-4-2-1-3-10(11)5-7-16-14-13-12(6-8-21-13)17-9-18-14/h1-4,6,8-9H,5,7H2,(H,19,20)(H,16,17,18). The Morgan fingerprint density at radius 1 is 1.24 bits per heavy atom. The number of nitrogens with one attached hydrogen (secondary N) is 1. The smallest absolute Gasteiger partial charge is 0.335 e. The van der Waals surface area contributed by atoms with E-state index < -0.39 is 5.97 Å². The van der Waals surface area contributed by atoms with Crippen LogP contribution in [0.1, 0.15) is 15.9 Å². The maximum absolute atomic E-state index is 11.2. The summed E-state index contributed by atoms with van der Waals surface area (Å²) in [6, 6.07) is 9.00. The van der Waals surface area contributed by atoms with Gasteiger partial charge in [0.05, 0.1) is 15.8 Å². The number of rotatable bonds is 5.